The van der Waals surface area contributed by atoms with Crippen LogP contribution in [0.4, 0.5) is 0 Å². The molecule has 2 heterocycles. The first-order valence-corrected chi connectivity index (χ1v) is 10.0. The van der Waals surface area contributed by atoms with Gasteiger partial charge in [0.1, 0.15) is 0 Å². The second-order valence-electron chi connectivity index (χ2n) is 6.11. The molecule has 0 aliphatic carbocycles. The van der Waals surface area contributed by atoms with Gasteiger partial charge in [-0.1, -0.05) is 23.7 Å². The molecule has 0 aliphatic heterocycles. The summed E-state index contributed by atoms with van der Waals surface area (Å²) in [5, 5.41) is 15.6. The lowest BCUT2D eigenvalue weighted by Gasteiger charge is -2.15. The van der Waals surface area contributed by atoms with Gasteiger partial charge in [-0.2, -0.15) is 16.3 Å². The lowest BCUT2D eigenvalue weighted by atomic mass is 10.1. The van der Waals surface area contributed by atoms with Crippen molar-refractivity contribution in [3.63, 3.8) is 0 Å². The Bertz CT molecular complexity index is 861. The highest BCUT2D eigenvalue weighted by Gasteiger charge is 2.10. The van der Waals surface area contributed by atoms with Crippen molar-refractivity contribution >= 4 is 28.9 Å². The second kappa shape index (κ2) is 9.53. The second-order valence-corrected chi connectivity index (χ2v) is 7.32. The summed E-state index contributed by atoms with van der Waals surface area (Å²) in [6.45, 7) is 3.66. The van der Waals surface area contributed by atoms with E-state index in [1.165, 1.54) is 5.56 Å². The van der Waals surface area contributed by atoms with Gasteiger partial charge >= 0.3 is 0 Å². The molecule has 0 radical (unpaired) electrons. The quantitative estimate of drug-likeness (QED) is 0.461. The van der Waals surface area contributed by atoms with Crippen LogP contribution >= 0.6 is 22.9 Å². The van der Waals surface area contributed by atoms with Crippen molar-refractivity contribution in [2.24, 2.45) is 4.99 Å². The molecule has 2 N–H and O–H groups in total. The molecule has 3 aromatic rings. The first-order chi connectivity index (χ1) is 13.2. The average molecular weight is 404 g/mol. The number of nitrogens with zero attached hydrogens (tertiary/aromatic N) is 3. The Kier molecular flexibility index (Phi) is 6.84. The average Bonchev–Trinajstić information content (AvgIpc) is 3.37. The fourth-order valence-electron chi connectivity index (χ4n) is 2.50. The van der Waals surface area contributed by atoms with E-state index in [9.17, 15) is 0 Å². The number of nitrogens with one attached hydrogen (secondary N) is 2. The summed E-state index contributed by atoms with van der Waals surface area (Å²) in [7, 11) is 1.76. The molecule has 1 aromatic carbocycles. The Hall–Kier alpha value is -2.38. The molecule has 2 aromatic heterocycles. The molecule has 0 saturated carbocycles. The molecule has 0 amide bonds. The molecular formula is C19H22ClN5OS. The zero-order chi connectivity index (χ0) is 19.1. The van der Waals surface area contributed by atoms with Gasteiger partial charge in [-0.25, -0.2) is 0 Å². The van der Waals surface area contributed by atoms with Crippen molar-refractivity contribution in [2.45, 2.75) is 19.3 Å². The zero-order valence-corrected chi connectivity index (χ0v) is 16.8. The lowest BCUT2D eigenvalue weighted by molar-refractivity contribution is 0.378. The topological polar surface area (TPSA) is 75.3 Å². The summed E-state index contributed by atoms with van der Waals surface area (Å²) < 4.78 is 5.32. The van der Waals surface area contributed by atoms with Gasteiger partial charge in [-0.05, 0) is 52.6 Å². The molecule has 0 fully saturated rings. The fraction of sp³-hybridized carbons (Fsp3) is 0.316. The maximum atomic E-state index is 5.90. The van der Waals surface area contributed by atoms with E-state index in [-0.39, 0.29) is 0 Å². The third-order valence-corrected chi connectivity index (χ3v) is 5.07. The van der Waals surface area contributed by atoms with E-state index < -0.39 is 0 Å². The molecule has 0 saturated heterocycles. The van der Waals surface area contributed by atoms with Crippen LogP contribution in [0.1, 0.15) is 24.3 Å². The van der Waals surface area contributed by atoms with E-state index >= 15 is 0 Å². The van der Waals surface area contributed by atoms with E-state index in [0.717, 1.165) is 18.1 Å². The third kappa shape index (κ3) is 5.55. The van der Waals surface area contributed by atoms with Gasteiger partial charge in [-0.3, -0.25) is 4.99 Å². The van der Waals surface area contributed by atoms with Crippen LogP contribution in [0.2, 0.25) is 5.02 Å². The van der Waals surface area contributed by atoms with Crippen LogP contribution in [0.5, 0.6) is 0 Å². The van der Waals surface area contributed by atoms with Crippen LogP contribution in [0.15, 0.2) is 50.6 Å². The number of thiophene rings is 1. The van der Waals surface area contributed by atoms with E-state index in [4.69, 9.17) is 16.1 Å². The molecule has 0 spiro atoms. The number of hydrogen-bond acceptors (Lipinski definition) is 5. The molecule has 142 valence electrons. The van der Waals surface area contributed by atoms with Crippen molar-refractivity contribution in [1.29, 1.82) is 0 Å². The Morgan fingerprint density at radius 3 is 2.78 bits per heavy atom. The maximum absolute atomic E-state index is 5.90. The summed E-state index contributed by atoms with van der Waals surface area (Å²) in [5.74, 6) is 2.32. The largest absolute Gasteiger partial charge is 0.356 e. The van der Waals surface area contributed by atoms with E-state index in [0.29, 0.717) is 35.6 Å². The van der Waals surface area contributed by atoms with Gasteiger partial charge in [0.05, 0.1) is 0 Å². The molecule has 0 aliphatic rings. The lowest BCUT2D eigenvalue weighted by Crippen LogP contribution is -2.39. The van der Waals surface area contributed by atoms with Crippen molar-refractivity contribution in [1.82, 2.24) is 20.8 Å². The zero-order valence-electron chi connectivity index (χ0n) is 15.3. The summed E-state index contributed by atoms with van der Waals surface area (Å²) in [5.41, 5.74) is 2.21. The van der Waals surface area contributed by atoms with Gasteiger partial charge < -0.3 is 15.2 Å². The van der Waals surface area contributed by atoms with Crippen LogP contribution in [0, 0.1) is 0 Å². The van der Waals surface area contributed by atoms with Crippen molar-refractivity contribution in [2.75, 3.05) is 20.1 Å². The molecule has 8 heteroatoms. The minimum Gasteiger partial charge on any atom is -0.356 e. The summed E-state index contributed by atoms with van der Waals surface area (Å²) in [6.07, 6.45) is 0.612. The highest BCUT2D eigenvalue weighted by molar-refractivity contribution is 7.07. The summed E-state index contributed by atoms with van der Waals surface area (Å²) in [6, 6.07) is 9.51. The highest BCUT2D eigenvalue weighted by Crippen LogP contribution is 2.19. The van der Waals surface area contributed by atoms with Gasteiger partial charge in [0.2, 0.25) is 11.7 Å². The number of aromatic nitrogens is 2. The molecule has 0 bridgehead atoms. The first kappa shape index (κ1) is 19.4. The van der Waals surface area contributed by atoms with E-state index in [2.05, 4.69) is 49.5 Å². The molecule has 1 atom stereocenters. The summed E-state index contributed by atoms with van der Waals surface area (Å²) in [4.78, 5) is 8.67. The predicted octanol–water partition coefficient (Wildman–Crippen LogP) is 3.96. The predicted molar refractivity (Wildman–Crippen MR) is 111 cm³/mol. The highest BCUT2D eigenvalue weighted by atomic mass is 35.5. The first-order valence-electron chi connectivity index (χ1n) is 8.71. The number of guanidine groups is 1. The van der Waals surface area contributed by atoms with Crippen molar-refractivity contribution < 1.29 is 4.52 Å². The van der Waals surface area contributed by atoms with Crippen molar-refractivity contribution in [3.05, 3.63) is 57.6 Å². The maximum Gasteiger partial charge on any atom is 0.228 e. The Morgan fingerprint density at radius 2 is 2.07 bits per heavy atom. The van der Waals surface area contributed by atoms with Gasteiger partial charge in [0.15, 0.2) is 5.96 Å². The van der Waals surface area contributed by atoms with Crippen LogP contribution < -0.4 is 10.6 Å². The van der Waals surface area contributed by atoms with Crippen LogP contribution in [-0.2, 0) is 6.42 Å². The molecular weight excluding hydrogens is 382 g/mol. The van der Waals surface area contributed by atoms with Gasteiger partial charge in [-0.15, -0.1) is 0 Å². The number of benzene rings is 1. The fourth-order valence-corrected chi connectivity index (χ4v) is 3.41. The number of hydrogen-bond donors (Lipinski definition) is 2. The molecule has 27 heavy (non-hydrogen) atoms. The normalized spacial score (nSPS) is 12.8. The number of aliphatic imine (C=N–C) groups is 1. The Morgan fingerprint density at radius 1 is 1.26 bits per heavy atom. The van der Waals surface area contributed by atoms with E-state index in [1.807, 2.05) is 12.1 Å². The SMILES string of the molecule is CN=C(NCCc1nc(-c2ccc(Cl)cc2)no1)NCC(C)c1ccsc1. The molecule has 1 unspecified atom stereocenters. The molecule has 6 nitrogen and oxygen atoms in total. The Balaban J connectivity index is 1.45. The van der Waals surface area contributed by atoms with Gasteiger partial charge in [0, 0.05) is 37.1 Å². The van der Waals surface area contributed by atoms with Gasteiger partial charge in [0.25, 0.3) is 0 Å². The minimum absolute atomic E-state index is 0.424. The number of halogens is 1. The number of rotatable bonds is 7. The van der Waals surface area contributed by atoms with E-state index in [1.54, 1.807) is 30.5 Å². The van der Waals surface area contributed by atoms with Crippen LogP contribution in [0.3, 0.4) is 0 Å². The Labute approximate surface area is 167 Å². The van der Waals surface area contributed by atoms with Crippen molar-refractivity contribution in [3.8, 4) is 11.4 Å². The minimum atomic E-state index is 0.424. The standard InChI is InChI=1S/C19H22ClN5OS/c1-13(15-8-10-27-12-15)11-23-19(21-2)22-9-7-17-24-18(25-26-17)14-3-5-16(20)6-4-14/h3-6,8,10,12-13H,7,9,11H2,1-2H3,(H2,21,22,23). The van der Waals surface area contributed by atoms with Crippen LogP contribution in [0.25, 0.3) is 11.4 Å². The third-order valence-electron chi connectivity index (χ3n) is 4.11. The van der Waals surface area contributed by atoms with Crippen LogP contribution in [-0.4, -0.2) is 36.2 Å². The smallest absolute Gasteiger partial charge is 0.228 e. The summed E-state index contributed by atoms with van der Waals surface area (Å²) >= 11 is 7.62. The molecule has 3 rings (SSSR count). The monoisotopic (exact) mass is 403 g/mol.